The minimum absolute atomic E-state index is 0.222. The van der Waals surface area contributed by atoms with Gasteiger partial charge in [0, 0.05) is 22.2 Å². The average molecular weight is 346 g/mol. The molecular weight excluding hydrogens is 340 g/mol. The zero-order chi connectivity index (χ0) is 12.5. The summed E-state index contributed by atoms with van der Waals surface area (Å²) in [5.41, 5.74) is 3.59. The fourth-order valence-corrected chi connectivity index (χ4v) is 2.20. The fraction of sp³-hybridized carbons (Fsp3) is 0.250. The molecule has 8 heteroatoms. The quantitative estimate of drug-likeness (QED) is 0.509. The van der Waals surface area contributed by atoms with E-state index in [4.69, 9.17) is 5.73 Å². The van der Waals surface area contributed by atoms with Gasteiger partial charge in [-0.3, -0.25) is 10.1 Å². The number of alkyl halides is 3. The van der Waals surface area contributed by atoms with E-state index < -0.39 is 28.9 Å². The van der Waals surface area contributed by atoms with Crippen molar-refractivity contribution >= 4 is 28.3 Å². The number of nitrogens with zero attached hydrogens (tertiary/aromatic N) is 1. The monoisotopic (exact) mass is 346 g/mol. The topological polar surface area (TPSA) is 69.2 Å². The van der Waals surface area contributed by atoms with E-state index in [1.165, 1.54) is 22.6 Å². The maximum absolute atomic E-state index is 12.6. The Morgan fingerprint density at radius 1 is 1.44 bits per heavy atom. The van der Waals surface area contributed by atoms with Crippen LogP contribution in [-0.2, 0) is 12.7 Å². The summed E-state index contributed by atoms with van der Waals surface area (Å²) in [4.78, 5) is 9.71. The first-order valence-electron chi connectivity index (χ1n) is 4.01. The van der Waals surface area contributed by atoms with Crippen LogP contribution in [0.5, 0.6) is 0 Å². The number of rotatable bonds is 2. The highest BCUT2D eigenvalue weighted by atomic mass is 127. The first-order chi connectivity index (χ1) is 7.27. The van der Waals surface area contributed by atoms with Crippen LogP contribution in [0.1, 0.15) is 11.1 Å². The zero-order valence-corrected chi connectivity index (χ0v) is 9.87. The normalized spacial score (nSPS) is 11.6. The lowest BCUT2D eigenvalue weighted by molar-refractivity contribution is -0.385. The van der Waals surface area contributed by atoms with Gasteiger partial charge in [-0.2, -0.15) is 13.2 Å². The molecule has 1 aromatic rings. The molecule has 0 aliphatic heterocycles. The molecule has 4 nitrogen and oxygen atoms in total. The summed E-state index contributed by atoms with van der Waals surface area (Å²) in [6.07, 6.45) is -4.56. The zero-order valence-electron chi connectivity index (χ0n) is 7.71. The standard InChI is InChI=1S/C8H6F3IN2O2/c9-8(10,11)7-4(3-13)1-5(14(15)16)2-6(7)12/h1-2H,3,13H2. The smallest absolute Gasteiger partial charge is 0.326 e. The molecule has 0 bridgehead atoms. The van der Waals surface area contributed by atoms with Crippen LogP contribution in [-0.4, -0.2) is 4.92 Å². The van der Waals surface area contributed by atoms with E-state index in [1.807, 2.05) is 0 Å². The molecule has 0 aliphatic rings. The van der Waals surface area contributed by atoms with Crippen LogP contribution in [0.25, 0.3) is 0 Å². The van der Waals surface area contributed by atoms with Gasteiger partial charge in [0.2, 0.25) is 0 Å². The van der Waals surface area contributed by atoms with E-state index in [-0.39, 0.29) is 9.13 Å². The molecular formula is C8H6F3IN2O2. The molecule has 0 aliphatic carbocycles. The molecule has 0 radical (unpaired) electrons. The van der Waals surface area contributed by atoms with Gasteiger partial charge in [-0.25, -0.2) is 0 Å². The second kappa shape index (κ2) is 4.53. The third kappa shape index (κ3) is 2.61. The van der Waals surface area contributed by atoms with Crippen LogP contribution >= 0.6 is 22.6 Å². The number of non-ortho nitro benzene ring substituents is 1. The third-order valence-electron chi connectivity index (χ3n) is 1.87. The Hall–Kier alpha value is -0.900. The Kier molecular flexibility index (Phi) is 3.73. The molecule has 88 valence electrons. The number of hydrogen-bond acceptors (Lipinski definition) is 3. The summed E-state index contributed by atoms with van der Waals surface area (Å²) in [6.45, 7) is -0.396. The van der Waals surface area contributed by atoms with Crippen molar-refractivity contribution < 1.29 is 18.1 Å². The molecule has 1 rings (SSSR count). The first kappa shape index (κ1) is 13.2. The molecule has 0 fully saturated rings. The summed E-state index contributed by atoms with van der Waals surface area (Å²) in [7, 11) is 0. The molecule has 1 aromatic carbocycles. The van der Waals surface area contributed by atoms with E-state index in [0.717, 1.165) is 12.1 Å². The predicted octanol–water partition coefficient (Wildman–Crippen LogP) is 2.68. The van der Waals surface area contributed by atoms with Gasteiger partial charge in [-0.1, -0.05) is 0 Å². The van der Waals surface area contributed by atoms with Crippen LogP contribution in [0.2, 0.25) is 0 Å². The lowest BCUT2D eigenvalue weighted by atomic mass is 10.1. The van der Waals surface area contributed by atoms with Gasteiger partial charge < -0.3 is 5.73 Å². The van der Waals surface area contributed by atoms with Gasteiger partial charge in [-0.05, 0) is 28.2 Å². The first-order valence-corrected chi connectivity index (χ1v) is 5.09. The van der Waals surface area contributed by atoms with Crippen molar-refractivity contribution in [1.82, 2.24) is 0 Å². The van der Waals surface area contributed by atoms with Crippen molar-refractivity contribution in [3.8, 4) is 0 Å². The highest BCUT2D eigenvalue weighted by molar-refractivity contribution is 14.1. The van der Waals surface area contributed by atoms with Crippen molar-refractivity contribution in [2.45, 2.75) is 12.7 Å². The van der Waals surface area contributed by atoms with Crippen molar-refractivity contribution in [1.29, 1.82) is 0 Å². The second-order valence-electron chi connectivity index (χ2n) is 2.92. The molecule has 0 spiro atoms. The van der Waals surface area contributed by atoms with Gasteiger partial charge in [0.25, 0.3) is 5.69 Å². The largest absolute Gasteiger partial charge is 0.417 e. The fourth-order valence-electron chi connectivity index (χ4n) is 1.23. The molecule has 0 amide bonds. The Labute approximate surface area is 102 Å². The van der Waals surface area contributed by atoms with Crippen LogP contribution in [0.3, 0.4) is 0 Å². The highest BCUT2D eigenvalue weighted by Crippen LogP contribution is 2.37. The lowest BCUT2D eigenvalue weighted by Gasteiger charge is -2.13. The number of hydrogen-bond donors (Lipinski definition) is 1. The molecule has 0 aromatic heterocycles. The summed E-state index contributed by atoms with van der Waals surface area (Å²) >= 11 is 1.41. The number of nitro groups is 1. The minimum atomic E-state index is -4.56. The second-order valence-corrected chi connectivity index (χ2v) is 4.08. The van der Waals surface area contributed by atoms with E-state index in [0.29, 0.717) is 0 Å². The van der Waals surface area contributed by atoms with Gasteiger partial charge in [-0.15, -0.1) is 0 Å². The summed E-state index contributed by atoms with van der Waals surface area (Å²) in [6, 6.07) is 1.73. The Bertz CT molecular complexity index is 434. The Morgan fingerprint density at radius 2 is 2.00 bits per heavy atom. The number of benzene rings is 1. The van der Waals surface area contributed by atoms with E-state index in [2.05, 4.69) is 0 Å². The summed E-state index contributed by atoms with van der Waals surface area (Å²) in [5.74, 6) is 0. The molecule has 0 atom stereocenters. The van der Waals surface area contributed by atoms with E-state index in [9.17, 15) is 23.3 Å². The van der Waals surface area contributed by atoms with Crippen LogP contribution < -0.4 is 5.73 Å². The van der Waals surface area contributed by atoms with Gasteiger partial charge in [0.15, 0.2) is 0 Å². The maximum Gasteiger partial charge on any atom is 0.417 e. The van der Waals surface area contributed by atoms with Crippen molar-refractivity contribution in [2.24, 2.45) is 5.73 Å². The lowest BCUT2D eigenvalue weighted by Crippen LogP contribution is -2.14. The van der Waals surface area contributed by atoms with E-state index in [1.54, 1.807) is 0 Å². The maximum atomic E-state index is 12.6. The molecule has 0 saturated carbocycles. The number of halogens is 4. The van der Waals surface area contributed by atoms with Gasteiger partial charge in [0.05, 0.1) is 10.5 Å². The summed E-state index contributed by atoms with van der Waals surface area (Å²) < 4.78 is 37.6. The number of nitrogens with two attached hydrogens (primary N) is 1. The molecule has 16 heavy (non-hydrogen) atoms. The Morgan fingerprint density at radius 3 is 2.38 bits per heavy atom. The molecule has 2 N–H and O–H groups in total. The van der Waals surface area contributed by atoms with Crippen molar-refractivity contribution in [2.75, 3.05) is 0 Å². The predicted molar refractivity (Wildman–Crippen MR) is 58.7 cm³/mol. The van der Waals surface area contributed by atoms with Crippen LogP contribution in [0, 0.1) is 13.7 Å². The third-order valence-corrected chi connectivity index (χ3v) is 2.72. The van der Waals surface area contributed by atoms with Crippen molar-refractivity contribution in [3.63, 3.8) is 0 Å². The minimum Gasteiger partial charge on any atom is -0.326 e. The molecule has 0 unspecified atom stereocenters. The number of nitro benzene ring substituents is 1. The Balaban J connectivity index is 3.46. The molecule has 0 heterocycles. The SMILES string of the molecule is NCc1cc([N+](=O)[O-])cc(I)c1C(F)(F)F. The van der Waals surface area contributed by atoms with Crippen molar-refractivity contribution in [3.05, 3.63) is 36.9 Å². The highest BCUT2D eigenvalue weighted by Gasteiger charge is 2.36. The van der Waals surface area contributed by atoms with Gasteiger partial charge >= 0.3 is 6.18 Å². The average Bonchev–Trinajstić information content (AvgIpc) is 2.14. The van der Waals surface area contributed by atoms with Crippen LogP contribution in [0.15, 0.2) is 12.1 Å². The van der Waals surface area contributed by atoms with Gasteiger partial charge in [0.1, 0.15) is 0 Å². The molecule has 0 saturated heterocycles. The summed E-state index contributed by atoms with van der Waals surface area (Å²) in [5, 5.41) is 10.5. The van der Waals surface area contributed by atoms with E-state index >= 15 is 0 Å². The van der Waals surface area contributed by atoms with Crippen LogP contribution in [0.4, 0.5) is 18.9 Å².